The molecule has 0 spiro atoms. The van der Waals surface area contributed by atoms with Crippen LogP contribution in [0.15, 0.2) is 130 Å². The number of hydrogen-bond donors (Lipinski definition) is 0. The zero-order valence-corrected chi connectivity index (χ0v) is 27.9. The average Bonchev–Trinajstić information content (AvgIpc) is 3.72. The van der Waals surface area contributed by atoms with Crippen LogP contribution in [-0.4, -0.2) is 0 Å². The first-order chi connectivity index (χ1) is 22.6. The van der Waals surface area contributed by atoms with Crippen molar-refractivity contribution in [3.63, 3.8) is 0 Å². The standard InChI is InChI=1S/C45H38O2/c1-43(2,3)27-15-19-29(20-16-27)45(30-21-17-28(18-22-30)44(4,5)6)34-25-26-38-39(33-12-8-10-14-37(33)46-38)40(34)41-35(45)24-23-32-31-11-7-9-13-36(31)47-42(32)41/h7-26H,1-6H3. The van der Waals surface area contributed by atoms with E-state index in [1.54, 1.807) is 0 Å². The number of para-hydroxylation sites is 2. The Labute approximate surface area is 275 Å². The molecule has 47 heavy (non-hydrogen) atoms. The van der Waals surface area contributed by atoms with Gasteiger partial charge in [-0.15, -0.1) is 0 Å². The van der Waals surface area contributed by atoms with Crippen molar-refractivity contribution in [1.82, 2.24) is 0 Å². The fourth-order valence-electron chi connectivity index (χ4n) is 8.11. The Morgan fingerprint density at radius 3 is 1.53 bits per heavy atom. The van der Waals surface area contributed by atoms with E-state index >= 15 is 0 Å². The molecule has 0 aliphatic heterocycles. The molecule has 2 aromatic heterocycles. The quantitative estimate of drug-likeness (QED) is 0.195. The second-order valence-corrected chi connectivity index (χ2v) is 15.3. The molecule has 230 valence electrons. The third-order valence-electron chi connectivity index (χ3n) is 10.5. The smallest absolute Gasteiger partial charge is 0.143 e. The molecule has 0 unspecified atom stereocenters. The van der Waals surface area contributed by atoms with Gasteiger partial charge in [-0.05, 0) is 62.4 Å². The molecule has 2 nitrogen and oxygen atoms in total. The molecule has 0 atom stereocenters. The van der Waals surface area contributed by atoms with Crippen molar-refractivity contribution in [2.24, 2.45) is 0 Å². The first kappa shape index (κ1) is 28.2. The summed E-state index contributed by atoms with van der Waals surface area (Å²) in [5.74, 6) is 0. The Kier molecular flexibility index (Phi) is 5.68. The van der Waals surface area contributed by atoms with Crippen LogP contribution in [0.2, 0.25) is 0 Å². The summed E-state index contributed by atoms with van der Waals surface area (Å²) in [5, 5.41) is 4.54. The van der Waals surface area contributed by atoms with Gasteiger partial charge in [0.1, 0.15) is 22.3 Å². The highest BCUT2D eigenvalue weighted by Crippen LogP contribution is 2.61. The molecule has 0 radical (unpaired) electrons. The molecule has 2 heterocycles. The summed E-state index contributed by atoms with van der Waals surface area (Å²) in [4.78, 5) is 0. The zero-order chi connectivity index (χ0) is 32.3. The molecule has 2 heteroatoms. The first-order valence-corrected chi connectivity index (χ1v) is 16.7. The fourth-order valence-corrected chi connectivity index (χ4v) is 8.11. The maximum atomic E-state index is 6.85. The molecule has 0 amide bonds. The van der Waals surface area contributed by atoms with Crippen LogP contribution < -0.4 is 0 Å². The number of hydrogen-bond acceptors (Lipinski definition) is 2. The molecule has 0 saturated carbocycles. The highest BCUT2D eigenvalue weighted by atomic mass is 16.3. The SMILES string of the molecule is CC(C)(C)c1ccc(C2(c3ccc(C(C)(C)C)cc3)c3ccc4c(oc5ccccc54)c3-c3c2ccc2oc4ccccc4c32)cc1. The average molecular weight is 611 g/mol. The Morgan fingerprint density at radius 2 is 0.936 bits per heavy atom. The molecule has 0 fully saturated rings. The maximum Gasteiger partial charge on any atom is 0.143 e. The van der Waals surface area contributed by atoms with Crippen LogP contribution in [0.4, 0.5) is 0 Å². The Morgan fingerprint density at radius 1 is 0.426 bits per heavy atom. The van der Waals surface area contributed by atoms with Crippen molar-refractivity contribution in [3.05, 3.63) is 155 Å². The van der Waals surface area contributed by atoms with Gasteiger partial charge in [-0.1, -0.05) is 145 Å². The Bertz CT molecular complexity index is 2450. The normalized spacial score (nSPS) is 14.3. The van der Waals surface area contributed by atoms with E-state index in [4.69, 9.17) is 8.83 Å². The highest BCUT2D eigenvalue weighted by molar-refractivity contribution is 6.20. The second kappa shape index (κ2) is 9.48. The van der Waals surface area contributed by atoms with E-state index in [2.05, 4.69) is 157 Å². The molecule has 9 rings (SSSR count). The van der Waals surface area contributed by atoms with E-state index in [-0.39, 0.29) is 10.8 Å². The van der Waals surface area contributed by atoms with Crippen LogP contribution in [0.3, 0.4) is 0 Å². The van der Waals surface area contributed by atoms with Gasteiger partial charge in [0.2, 0.25) is 0 Å². The van der Waals surface area contributed by atoms with Gasteiger partial charge in [-0.3, -0.25) is 0 Å². The van der Waals surface area contributed by atoms with Crippen LogP contribution in [0.25, 0.3) is 55.0 Å². The van der Waals surface area contributed by atoms with Crippen LogP contribution in [0.1, 0.15) is 74.9 Å². The minimum absolute atomic E-state index is 0.0495. The minimum atomic E-state index is -0.572. The summed E-state index contributed by atoms with van der Waals surface area (Å²) < 4.78 is 13.4. The predicted molar refractivity (Wildman–Crippen MR) is 196 cm³/mol. The third-order valence-corrected chi connectivity index (χ3v) is 10.5. The van der Waals surface area contributed by atoms with E-state index < -0.39 is 5.41 Å². The van der Waals surface area contributed by atoms with Gasteiger partial charge < -0.3 is 8.83 Å². The van der Waals surface area contributed by atoms with Crippen LogP contribution >= 0.6 is 0 Å². The van der Waals surface area contributed by atoms with Gasteiger partial charge in [0, 0.05) is 32.7 Å². The summed E-state index contributed by atoms with van der Waals surface area (Å²) in [7, 11) is 0. The van der Waals surface area contributed by atoms with Gasteiger partial charge in [0.25, 0.3) is 0 Å². The summed E-state index contributed by atoms with van der Waals surface area (Å²) in [6.07, 6.45) is 0. The lowest BCUT2D eigenvalue weighted by atomic mass is 9.66. The second-order valence-electron chi connectivity index (χ2n) is 15.3. The third kappa shape index (κ3) is 3.85. The number of furan rings is 2. The van der Waals surface area contributed by atoms with E-state index in [0.29, 0.717) is 0 Å². The predicted octanol–water partition coefficient (Wildman–Crippen LogP) is 12.4. The molecule has 8 aromatic rings. The molecular formula is C45H38O2. The lowest BCUT2D eigenvalue weighted by molar-refractivity contribution is 0.588. The number of fused-ring (bicyclic) bond motifs is 11. The van der Waals surface area contributed by atoms with Gasteiger partial charge in [0.05, 0.1) is 5.41 Å². The monoisotopic (exact) mass is 610 g/mol. The summed E-state index contributed by atoms with van der Waals surface area (Å²) >= 11 is 0. The number of rotatable bonds is 2. The Balaban J connectivity index is 1.49. The zero-order valence-electron chi connectivity index (χ0n) is 27.9. The van der Waals surface area contributed by atoms with Gasteiger partial charge in [-0.2, -0.15) is 0 Å². The van der Waals surface area contributed by atoms with E-state index in [1.807, 2.05) is 6.07 Å². The molecular weight excluding hydrogens is 572 g/mol. The molecule has 1 aliphatic carbocycles. The largest absolute Gasteiger partial charge is 0.456 e. The first-order valence-electron chi connectivity index (χ1n) is 16.7. The molecule has 0 saturated heterocycles. The van der Waals surface area contributed by atoms with Gasteiger partial charge in [0.15, 0.2) is 0 Å². The van der Waals surface area contributed by atoms with Crippen molar-refractivity contribution in [2.45, 2.75) is 57.8 Å². The van der Waals surface area contributed by atoms with Crippen LogP contribution in [0, 0.1) is 0 Å². The number of benzene rings is 6. The van der Waals surface area contributed by atoms with Crippen LogP contribution in [0.5, 0.6) is 0 Å². The lowest BCUT2D eigenvalue weighted by Gasteiger charge is -2.35. The Hall–Kier alpha value is -5.08. The topological polar surface area (TPSA) is 26.3 Å². The maximum absolute atomic E-state index is 6.85. The van der Waals surface area contributed by atoms with E-state index in [9.17, 15) is 0 Å². The van der Waals surface area contributed by atoms with Crippen molar-refractivity contribution < 1.29 is 8.83 Å². The summed E-state index contributed by atoms with van der Waals surface area (Å²) in [6.45, 7) is 13.7. The van der Waals surface area contributed by atoms with Crippen molar-refractivity contribution in [2.75, 3.05) is 0 Å². The summed E-state index contributed by atoms with van der Waals surface area (Å²) in [6, 6.07) is 44.7. The highest BCUT2D eigenvalue weighted by Gasteiger charge is 2.48. The van der Waals surface area contributed by atoms with Crippen molar-refractivity contribution in [3.8, 4) is 11.1 Å². The molecule has 0 N–H and O–H groups in total. The molecule has 0 bridgehead atoms. The van der Waals surface area contributed by atoms with Crippen molar-refractivity contribution in [1.29, 1.82) is 0 Å². The molecule has 6 aromatic carbocycles. The van der Waals surface area contributed by atoms with Gasteiger partial charge in [-0.25, -0.2) is 0 Å². The minimum Gasteiger partial charge on any atom is -0.456 e. The fraction of sp³-hybridized carbons (Fsp3) is 0.200. The lowest BCUT2D eigenvalue weighted by Crippen LogP contribution is -2.29. The van der Waals surface area contributed by atoms with Crippen molar-refractivity contribution >= 4 is 43.9 Å². The van der Waals surface area contributed by atoms with Crippen LogP contribution in [-0.2, 0) is 16.2 Å². The van der Waals surface area contributed by atoms with E-state index in [0.717, 1.165) is 49.4 Å². The summed E-state index contributed by atoms with van der Waals surface area (Å²) in [5.41, 5.74) is 13.1. The van der Waals surface area contributed by atoms with E-state index in [1.165, 1.54) is 38.9 Å². The van der Waals surface area contributed by atoms with Gasteiger partial charge >= 0.3 is 0 Å². The molecule has 1 aliphatic rings.